The standard InChI is InChI=1S/C16H19ClN2O6S/c17-13-4-1-11(9-14(13)26(22,23)18-12-2-3-12)16(21)25-10-15(20)19-5-7-24-8-6-19/h1,4,9,12,18H,2-3,5-8,10H2. The van der Waals surface area contributed by atoms with Gasteiger partial charge < -0.3 is 14.4 Å². The Morgan fingerprint density at radius 2 is 1.96 bits per heavy atom. The Morgan fingerprint density at radius 3 is 2.62 bits per heavy atom. The lowest BCUT2D eigenvalue weighted by molar-refractivity contribution is -0.138. The molecule has 2 fully saturated rings. The lowest BCUT2D eigenvalue weighted by Gasteiger charge is -2.26. The van der Waals surface area contributed by atoms with Crippen molar-refractivity contribution in [2.75, 3.05) is 32.9 Å². The van der Waals surface area contributed by atoms with E-state index in [1.165, 1.54) is 12.1 Å². The molecule has 0 atom stereocenters. The lowest BCUT2D eigenvalue weighted by Crippen LogP contribution is -2.42. The van der Waals surface area contributed by atoms with E-state index >= 15 is 0 Å². The first kappa shape index (κ1) is 19.1. The van der Waals surface area contributed by atoms with Crippen molar-refractivity contribution in [1.82, 2.24) is 9.62 Å². The Balaban J connectivity index is 1.65. The number of halogens is 1. The van der Waals surface area contributed by atoms with Gasteiger partial charge in [-0.2, -0.15) is 0 Å². The highest BCUT2D eigenvalue weighted by molar-refractivity contribution is 7.89. The molecule has 142 valence electrons. The monoisotopic (exact) mass is 402 g/mol. The highest BCUT2D eigenvalue weighted by Gasteiger charge is 2.30. The fraction of sp³-hybridized carbons (Fsp3) is 0.500. The topological polar surface area (TPSA) is 102 Å². The average Bonchev–Trinajstić information content (AvgIpc) is 3.43. The Kier molecular flexibility index (Phi) is 5.81. The molecule has 8 nitrogen and oxygen atoms in total. The van der Waals surface area contributed by atoms with Crippen molar-refractivity contribution in [2.45, 2.75) is 23.8 Å². The second-order valence-corrected chi connectivity index (χ2v) is 8.20. The molecule has 2 aliphatic rings. The quantitative estimate of drug-likeness (QED) is 0.706. The van der Waals surface area contributed by atoms with Gasteiger partial charge in [-0.1, -0.05) is 11.6 Å². The predicted octanol–water partition coefficient (Wildman–Crippen LogP) is 0.796. The first-order valence-corrected chi connectivity index (χ1v) is 10.1. The number of nitrogens with one attached hydrogen (secondary N) is 1. The fourth-order valence-electron chi connectivity index (χ4n) is 2.44. The summed E-state index contributed by atoms with van der Waals surface area (Å²) in [7, 11) is -3.81. The number of benzene rings is 1. The molecule has 0 aromatic heterocycles. The highest BCUT2D eigenvalue weighted by atomic mass is 35.5. The summed E-state index contributed by atoms with van der Waals surface area (Å²) >= 11 is 5.97. The maximum Gasteiger partial charge on any atom is 0.338 e. The minimum Gasteiger partial charge on any atom is -0.452 e. The molecule has 1 aliphatic heterocycles. The normalized spacial score (nSPS) is 17.8. The van der Waals surface area contributed by atoms with Crippen LogP contribution in [-0.4, -0.2) is 64.1 Å². The van der Waals surface area contributed by atoms with E-state index in [-0.39, 0.29) is 27.4 Å². The molecule has 0 unspecified atom stereocenters. The van der Waals surface area contributed by atoms with Crippen LogP contribution in [0.25, 0.3) is 0 Å². The molecule has 1 aromatic rings. The number of esters is 1. The molecule has 26 heavy (non-hydrogen) atoms. The van der Waals surface area contributed by atoms with Gasteiger partial charge in [0, 0.05) is 19.1 Å². The van der Waals surface area contributed by atoms with Crippen LogP contribution >= 0.6 is 11.6 Å². The van der Waals surface area contributed by atoms with Crippen molar-refractivity contribution in [2.24, 2.45) is 0 Å². The van der Waals surface area contributed by atoms with Gasteiger partial charge in [0.1, 0.15) is 4.90 Å². The van der Waals surface area contributed by atoms with Crippen LogP contribution in [-0.2, 0) is 24.3 Å². The molecular formula is C16H19ClN2O6S. The summed E-state index contributed by atoms with van der Waals surface area (Å²) in [5.41, 5.74) is 0.0142. The molecule has 1 saturated heterocycles. The Hall–Kier alpha value is -1.68. The average molecular weight is 403 g/mol. The predicted molar refractivity (Wildman–Crippen MR) is 92.5 cm³/mol. The molecule has 3 rings (SSSR count). The van der Waals surface area contributed by atoms with Crippen LogP contribution in [0.1, 0.15) is 23.2 Å². The van der Waals surface area contributed by atoms with Crippen molar-refractivity contribution in [3.05, 3.63) is 28.8 Å². The summed E-state index contributed by atoms with van der Waals surface area (Å²) in [6.07, 6.45) is 1.56. The number of rotatable bonds is 6. The number of hydrogen-bond acceptors (Lipinski definition) is 6. The van der Waals surface area contributed by atoms with Crippen LogP contribution in [0.3, 0.4) is 0 Å². The van der Waals surface area contributed by atoms with Gasteiger partial charge in [0.05, 0.1) is 23.8 Å². The van der Waals surface area contributed by atoms with E-state index in [2.05, 4.69) is 4.72 Å². The Labute approximate surface area is 156 Å². The van der Waals surface area contributed by atoms with E-state index in [0.29, 0.717) is 26.3 Å². The van der Waals surface area contributed by atoms with Crippen LogP contribution in [0.15, 0.2) is 23.1 Å². The van der Waals surface area contributed by atoms with Crippen LogP contribution in [0.5, 0.6) is 0 Å². The molecular weight excluding hydrogens is 384 g/mol. The maximum absolute atomic E-state index is 12.3. The third-order valence-electron chi connectivity index (χ3n) is 4.05. The first-order valence-electron chi connectivity index (χ1n) is 8.21. The van der Waals surface area contributed by atoms with Gasteiger partial charge in [0.2, 0.25) is 10.0 Å². The van der Waals surface area contributed by atoms with Crippen molar-refractivity contribution < 1.29 is 27.5 Å². The molecule has 10 heteroatoms. The molecule has 1 aliphatic carbocycles. The summed E-state index contributed by atoms with van der Waals surface area (Å²) in [6, 6.07) is 3.76. The van der Waals surface area contributed by atoms with E-state index < -0.39 is 22.6 Å². The van der Waals surface area contributed by atoms with Crippen LogP contribution in [0.4, 0.5) is 0 Å². The molecule has 0 spiro atoms. The van der Waals surface area contributed by atoms with Gasteiger partial charge in [-0.25, -0.2) is 17.9 Å². The third kappa shape index (κ3) is 4.73. The zero-order chi connectivity index (χ0) is 18.7. The lowest BCUT2D eigenvalue weighted by atomic mass is 10.2. The van der Waals surface area contributed by atoms with E-state index in [0.717, 1.165) is 18.9 Å². The molecule has 1 N–H and O–H groups in total. The number of carbonyl (C=O) groups excluding carboxylic acids is 2. The van der Waals surface area contributed by atoms with Crippen molar-refractivity contribution in [1.29, 1.82) is 0 Å². The van der Waals surface area contributed by atoms with Gasteiger partial charge in [0.15, 0.2) is 6.61 Å². The second kappa shape index (κ2) is 7.91. The van der Waals surface area contributed by atoms with Gasteiger partial charge >= 0.3 is 5.97 Å². The number of sulfonamides is 1. The minimum atomic E-state index is -3.81. The highest BCUT2D eigenvalue weighted by Crippen LogP contribution is 2.27. The molecule has 1 aromatic carbocycles. The summed E-state index contributed by atoms with van der Waals surface area (Å²) in [6.45, 7) is 1.39. The minimum absolute atomic E-state index is 0.0130. The van der Waals surface area contributed by atoms with Crippen LogP contribution in [0.2, 0.25) is 5.02 Å². The van der Waals surface area contributed by atoms with Gasteiger partial charge in [-0.05, 0) is 31.0 Å². The van der Waals surface area contributed by atoms with E-state index in [1.807, 2.05) is 0 Å². The number of amides is 1. The number of hydrogen-bond donors (Lipinski definition) is 1. The molecule has 0 bridgehead atoms. The largest absolute Gasteiger partial charge is 0.452 e. The fourth-order valence-corrected chi connectivity index (χ4v) is 4.27. The van der Waals surface area contributed by atoms with Crippen LogP contribution in [0, 0.1) is 0 Å². The summed E-state index contributed by atoms with van der Waals surface area (Å²) < 4.78 is 37.3. The van der Waals surface area contributed by atoms with E-state index in [4.69, 9.17) is 21.1 Å². The van der Waals surface area contributed by atoms with Crippen molar-refractivity contribution in [3.8, 4) is 0 Å². The maximum atomic E-state index is 12.3. The molecule has 1 amide bonds. The summed E-state index contributed by atoms with van der Waals surface area (Å²) in [4.78, 5) is 25.6. The SMILES string of the molecule is O=C(OCC(=O)N1CCOCC1)c1ccc(Cl)c(S(=O)(=O)NC2CC2)c1. The number of morpholine rings is 1. The summed E-state index contributed by atoms with van der Waals surface area (Å²) in [5.74, 6) is -1.11. The molecule has 1 heterocycles. The zero-order valence-corrected chi connectivity index (χ0v) is 15.5. The summed E-state index contributed by atoms with van der Waals surface area (Å²) in [5, 5.41) is 0.0130. The second-order valence-electron chi connectivity index (χ2n) is 6.11. The number of ether oxygens (including phenoxy) is 2. The molecule has 1 saturated carbocycles. The van der Waals surface area contributed by atoms with Gasteiger partial charge in [0.25, 0.3) is 5.91 Å². The Morgan fingerprint density at radius 1 is 1.27 bits per heavy atom. The first-order chi connectivity index (χ1) is 12.4. The van der Waals surface area contributed by atoms with Crippen molar-refractivity contribution >= 4 is 33.5 Å². The number of nitrogens with zero attached hydrogens (tertiary/aromatic N) is 1. The Bertz CT molecular complexity index is 803. The number of carbonyl (C=O) groups is 2. The van der Waals surface area contributed by atoms with Crippen LogP contribution < -0.4 is 4.72 Å². The smallest absolute Gasteiger partial charge is 0.338 e. The van der Waals surface area contributed by atoms with Crippen molar-refractivity contribution in [3.63, 3.8) is 0 Å². The van der Waals surface area contributed by atoms with E-state index in [9.17, 15) is 18.0 Å². The molecule has 0 radical (unpaired) electrons. The van der Waals surface area contributed by atoms with E-state index in [1.54, 1.807) is 4.90 Å². The zero-order valence-electron chi connectivity index (χ0n) is 13.9. The van der Waals surface area contributed by atoms with Gasteiger partial charge in [-0.3, -0.25) is 4.79 Å². The third-order valence-corrected chi connectivity index (χ3v) is 6.05. The van der Waals surface area contributed by atoms with Gasteiger partial charge in [-0.15, -0.1) is 0 Å².